The third-order valence-electron chi connectivity index (χ3n) is 4.75. The number of hydrogen-bond donors (Lipinski definition) is 1. The molecule has 1 aliphatic carbocycles. The van der Waals surface area contributed by atoms with Crippen molar-refractivity contribution < 1.29 is 9.84 Å². The van der Waals surface area contributed by atoms with E-state index in [4.69, 9.17) is 4.74 Å². The molecule has 0 aromatic heterocycles. The molecule has 1 N–H and O–H groups in total. The van der Waals surface area contributed by atoms with Crippen molar-refractivity contribution in [3.63, 3.8) is 0 Å². The quantitative estimate of drug-likeness (QED) is 0.888. The van der Waals surface area contributed by atoms with E-state index in [0.29, 0.717) is 6.04 Å². The minimum absolute atomic E-state index is 0.248. The second kappa shape index (κ2) is 5.14. The van der Waals surface area contributed by atoms with E-state index in [9.17, 15) is 5.11 Å². The van der Waals surface area contributed by atoms with Crippen molar-refractivity contribution in [1.29, 1.82) is 0 Å². The van der Waals surface area contributed by atoms with Crippen LogP contribution in [-0.2, 0) is 6.42 Å². The molecule has 2 aliphatic rings. The van der Waals surface area contributed by atoms with Crippen LogP contribution in [0.1, 0.15) is 43.4 Å². The summed E-state index contributed by atoms with van der Waals surface area (Å²) >= 11 is 0. The zero-order valence-corrected chi connectivity index (χ0v) is 11.8. The number of hydrogen-bond acceptors (Lipinski definition) is 3. The fourth-order valence-electron chi connectivity index (χ4n) is 3.62. The highest BCUT2D eigenvalue weighted by atomic mass is 16.5. The van der Waals surface area contributed by atoms with E-state index in [-0.39, 0.29) is 12.1 Å². The highest BCUT2D eigenvalue weighted by Gasteiger charge is 2.37. The van der Waals surface area contributed by atoms with Crippen molar-refractivity contribution >= 4 is 0 Å². The van der Waals surface area contributed by atoms with Crippen LogP contribution in [-0.4, -0.2) is 35.7 Å². The lowest BCUT2D eigenvalue weighted by atomic mass is 9.99. The predicted octanol–water partition coefficient (Wildman–Crippen LogP) is 2.53. The van der Waals surface area contributed by atoms with Gasteiger partial charge in [0.2, 0.25) is 0 Å². The second-order valence-corrected chi connectivity index (χ2v) is 5.86. The largest absolute Gasteiger partial charge is 0.497 e. The van der Waals surface area contributed by atoms with Crippen LogP contribution in [0.4, 0.5) is 0 Å². The average Bonchev–Trinajstić information content (AvgIpc) is 2.76. The molecule has 3 unspecified atom stereocenters. The molecule has 0 bridgehead atoms. The molecule has 1 fully saturated rings. The number of likely N-dealkylation sites (tertiary alicyclic amines) is 1. The van der Waals surface area contributed by atoms with Gasteiger partial charge in [-0.1, -0.05) is 12.5 Å². The lowest BCUT2D eigenvalue weighted by molar-refractivity contribution is 0.0220. The zero-order chi connectivity index (χ0) is 13.4. The van der Waals surface area contributed by atoms with Crippen LogP contribution in [0.25, 0.3) is 0 Å². The number of ether oxygens (including phenoxy) is 1. The fraction of sp³-hybridized carbons (Fsp3) is 0.625. The summed E-state index contributed by atoms with van der Waals surface area (Å²) in [7, 11) is 1.67. The number of piperidine rings is 1. The number of rotatable bonds is 2. The van der Waals surface area contributed by atoms with Gasteiger partial charge in [-0.05, 0) is 56.0 Å². The van der Waals surface area contributed by atoms with Gasteiger partial charge in [0.1, 0.15) is 5.75 Å². The Bertz CT molecular complexity index is 460. The highest BCUT2D eigenvalue weighted by molar-refractivity contribution is 5.41. The van der Waals surface area contributed by atoms with Crippen LogP contribution in [0.5, 0.6) is 5.75 Å². The van der Waals surface area contributed by atoms with E-state index in [1.165, 1.54) is 24.8 Å². The van der Waals surface area contributed by atoms with Crippen molar-refractivity contribution in [2.75, 3.05) is 13.7 Å². The monoisotopic (exact) mass is 261 g/mol. The van der Waals surface area contributed by atoms with Crippen LogP contribution < -0.4 is 4.74 Å². The number of benzene rings is 1. The predicted molar refractivity (Wildman–Crippen MR) is 75.5 cm³/mol. The Kier molecular flexibility index (Phi) is 3.50. The van der Waals surface area contributed by atoms with Gasteiger partial charge in [-0.25, -0.2) is 0 Å². The molecule has 0 radical (unpaired) electrons. The smallest absolute Gasteiger partial charge is 0.119 e. The maximum absolute atomic E-state index is 10.6. The normalized spacial score (nSPS) is 31.2. The molecule has 104 valence electrons. The third kappa shape index (κ3) is 2.26. The molecule has 1 aromatic carbocycles. The molecule has 0 amide bonds. The third-order valence-corrected chi connectivity index (χ3v) is 4.75. The summed E-state index contributed by atoms with van der Waals surface area (Å²) in [5.41, 5.74) is 2.33. The van der Waals surface area contributed by atoms with Crippen LogP contribution in [0.15, 0.2) is 18.2 Å². The zero-order valence-electron chi connectivity index (χ0n) is 11.8. The molecule has 1 heterocycles. The minimum Gasteiger partial charge on any atom is -0.497 e. The van der Waals surface area contributed by atoms with Crippen molar-refractivity contribution in [3.05, 3.63) is 29.3 Å². The molecular weight excluding hydrogens is 238 g/mol. The van der Waals surface area contributed by atoms with Gasteiger partial charge in [0, 0.05) is 12.1 Å². The first-order chi connectivity index (χ1) is 9.20. The number of fused-ring (bicyclic) bond motifs is 1. The summed E-state index contributed by atoms with van der Waals surface area (Å²) in [5, 5.41) is 10.6. The second-order valence-electron chi connectivity index (χ2n) is 5.86. The Morgan fingerprint density at radius 2 is 2.16 bits per heavy atom. The fourth-order valence-corrected chi connectivity index (χ4v) is 3.62. The molecule has 19 heavy (non-hydrogen) atoms. The topological polar surface area (TPSA) is 32.7 Å². The lowest BCUT2D eigenvalue weighted by Crippen LogP contribution is -2.46. The van der Waals surface area contributed by atoms with Gasteiger partial charge in [-0.2, -0.15) is 0 Å². The summed E-state index contributed by atoms with van der Waals surface area (Å²) in [6, 6.07) is 6.93. The summed E-state index contributed by atoms with van der Waals surface area (Å²) in [4.78, 5) is 2.50. The molecule has 3 atom stereocenters. The lowest BCUT2D eigenvalue weighted by Gasteiger charge is -2.39. The molecule has 3 nitrogen and oxygen atoms in total. The van der Waals surface area contributed by atoms with Crippen LogP contribution >= 0.6 is 0 Å². The molecule has 1 aliphatic heterocycles. The van der Waals surface area contributed by atoms with Crippen LogP contribution in [0.3, 0.4) is 0 Å². The van der Waals surface area contributed by atoms with Gasteiger partial charge >= 0.3 is 0 Å². The number of aliphatic hydroxyl groups excluding tert-OH is 1. The van der Waals surface area contributed by atoms with Gasteiger partial charge in [0.05, 0.1) is 13.2 Å². The van der Waals surface area contributed by atoms with E-state index in [1.807, 2.05) is 12.1 Å². The van der Waals surface area contributed by atoms with Gasteiger partial charge in [-0.3, -0.25) is 4.90 Å². The first-order valence-corrected chi connectivity index (χ1v) is 7.31. The van der Waals surface area contributed by atoms with Crippen molar-refractivity contribution in [2.24, 2.45) is 0 Å². The Balaban J connectivity index is 1.84. The number of aliphatic hydroxyl groups is 1. The Hall–Kier alpha value is -1.06. The molecule has 1 aromatic rings. The SMILES string of the molecule is COc1ccc2c(c1)C(O)C(N1CCCCC1C)C2. The summed E-state index contributed by atoms with van der Waals surface area (Å²) < 4.78 is 5.26. The Morgan fingerprint density at radius 1 is 1.32 bits per heavy atom. The van der Waals surface area contributed by atoms with Crippen molar-refractivity contribution in [1.82, 2.24) is 4.90 Å². The first-order valence-electron chi connectivity index (χ1n) is 7.31. The molecule has 3 heteroatoms. The van der Waals surface area contributed by atoms with E-state index in [1.54, 1.807) is 7.11 Å². The first kappa shape index (κ1) is 12.9. The minimum atomic E-state index is -0.370. The van der Waals surface area contributed by atoms with E-state index < -0.39 is 0 Å². The maximum Gasteiger partial charge on any atom is 0.119 e. The highest BCUT2D eigenvalue weighted by Crippen LogP contribution is 2.38. The van der Waals surface area contributed by atoms with Gasteiger partial charge in [0.15, 0.2) is 0 Å². The molecule has 1 saturated heterocycles. The maximum atomic E-state index is 10.6. The van der Waals surface area contributed by atoms with Gasteiger partial charge in [0.25, 0.3) is 0 Å². The summed E-state index contributed by atoms with van der Waals surface area (Å²) in [5.74, 6) is 0.838. The number of methoxy groups -OCH3 is 1. The van der Waals surface area contributed by atoms with E-state index in [2.05, 4.69) is 17.9 Å². The molecule has 0 saturated carbocycles. The van der Waals surface area contributed by atoms with Crippen molar-refractivity contribution in [3.8, 4) is 5.75 Å². The summed E-state index contributed by atoms with van der Waals surface area (Å²) in [6.07, 6.45) is 4.42. The number of nitrogens with zero attached hydrogens (tertiary/aromatic N) is 1. The summed E-state index contributed by atoms with van der Waals surface area (Å²) in [6.45, 7) is 3.41. The van der Waals surface area contributed by atoms with Crippen LogP contribution in [0, 0.1) is 0 Å². The Morgan fingerprint density at radius 3 is 2.89 bits per heavy atom. The average molecular weight is 261 g/mol. The molecule has 3 rings (SSSR count). The van der Waals surface area contributed by atoms with Crippen LogP contribution in [0.2, 0.25) is 0 Å². The van der Waals surface area contributed by atoms with Gasteiger partial charge in [-0.15, -0.1) is 0 Å². The van der Waals surface area contributed by atoms with Gasteiger partial charge < -0.3 is 9.84 Å². The van der Waals surface area contributed by atoms with E-state index >= 15 is 0 Å². The Labute approximate surface area is 115 Å². The molecule has 0 spiro atoms. The van der Waals surface area contributed by atoms with E-state index in [0.717, 1.165) is 24.3 Å². The molecular formula is C16H23NO2. The standard InChI is InChI=1S/C16H23NO2/c1-11-5-3-4-8-17(11)15-9-12-6-7-13(19-2)10-14(12)16(15)18/h6-7,10-11,15-16,18H,3-5,8-9H2,1-2H3. The van der Waals surface area contributed by atoms with Crippen molar-refractivity contribution in [2.45, 2.75) is 50.8 Å².